The van der Waals surface area contributed by atoms with Crippen molar-refractivity contribution in [3.05, 3.63) is 28.8 Å². The minimum atomic E-state index is -0.0426. The van der Waals surface area contributed by atoms with Crippen molar-refractivity contribution >= 4 is 11.8 Å². The fraction of sp³-hybridized carbons (Fsp3) is 0.600. The van der Waals surface area contributed by atoms with Crippen molar-refractivity contribution in [2.75, 3.05) is 39.8 Å². The quantitative estimate of drug-likeness (QED) is 0.872. The normalized spacial score (nSPS) is 27.9. The Balaban J connectivity index is 1.36. The molecule has 2 aliphatic heterocycles. The third kappa shape index (κ3) is 3.07. The number of hydrogen-bond acceptors (Lipinski definition) is 4. The highest BCUT2D eigenvalue weighted by molar-refractivity contribution is 5.88. The molecule has 3 fully saturated rings. The van der Waals surface area contributed by atoms with Crippen LogP contribution in [0.4, 0.5) is 0 Å². The van der Waals surface area contributed by atoms with Gasteiger partial charge in [0.1, 0.15) is 5.75 Å². The van der Waals surface area contributed by atoms with Crippen LogP contribution in [-0.2, 0) is 16.1 Å². The van der Waals surface area contributed by atoms with E-state index in [1.165, 1.54) is 16.7 Å². The number of rotatable bonds is 4. The van der Waals surface area contributed by atoms with Crippen LogP contribution < -0.4 is 10.1 Å². The summed E-state index contributed by atoms with van der Waals surface area (Å²) in [5.41, 5.74) is 3.64. The molecule has 26 heavy (non-hydrogen) atoms. The second-order valence-corrected chi connectivity index (χ2v) is 7.93. The number of nitrogens with zero attached hydrogens (tertiary/aromatic N) is 2. The predicted octanol–water partition coefficient (Wildman–Crippen LogP) is 0.948. The molecule has 140 valence electrons. The molecule has 3 aliphatic rings. The summed E-state index contributed by atoms with van der Waals surface area (Å²) in [6.07, 6.45) is 0. The molecule has 1 aromatic rings. The van der Waals surface area contributed by atoms with Gasteiger partial charge in [-0.05, 0) is 31.2 Å². The number of methoxy groups -OCH3 is 1. The maximum absolute atomic E-state index is 12.7. The lowest BCUT2D eigenvalue weighted by Crippen LogP contribution is -2.51. The van der Waals surface area contributed by atoms with E-state index in [1.807, 2.05) is 0 Å². The Bertz CT molecular complexity index is 736. The molecule has 1 unspecified atom stereocenters. The minimum absolute atomic E-state index is 0.0426. The summed E-state index contributed by atoms with van der Waals surface area (Å²) >= 11 is 0. The molecule has 1 saturated carbocycles. The highest BCUT2D eigenvalue weighted by atomic mass is 16.5. The maximum Gasteiger partial charge on any atom is 0.239 e. The molecule has 6 nitrogen and oxygen atoms in total. The zero-order valence-corrected chi connectivity index (χ0v) is 15.7. The Kier molecular flexibility index (Phi) is 4.39. The second kappa shape index (κ2) is 6.58. The summed E-state index contributed by atoms with van der Waals surface area (Å²) in [6, 6.07) is 4.35. The standard InChI is InChI=1S/C20H27N3O3/c1-12-6-13(2)19(26-3)14(7-12)8-22-9-15-16(10-22)18(15)20(25)23-5-4-21-17(24)11-23/h6-7,15-16,18H,4-5,8-11H2,1-3H3,(H,21,24)/t15-,16+,18?. The number of hydrogen-bond donors (Lipinski definition) is 1. The number of carbonyl (C=O) groups excluding carboxylic acids is 2. The van der Waals surface area contributed by atoms with Gasteiger partial charge in [0, 0.05) is 44.2 Å². The number of aryl methyl sites for hydroxylation is 2. The Morgan fingerprint density at radius 2 is 2.00 bits per heavy atom. The number of benzene rings is 1. The van der Waals surface area contributed by atoms with Crippen molar-refractivity contribution in [2.24, 2.45) is 17.8 Å². The molecule has 0 bridgehead atoms. The van der Waals surface area contributed by atoms with Crippen LogP contribution in [0.25, 0.3) is 0 Å². The van der Waals surface area contributed by atoms with Crippen LogP contribution in [0.5, 0.6) is 5.75 Å². The van der Waals surface area contributed by atoms with Crippen LogP contribution in [0.1, 0.15) is 16.7 Å². The van der Waals surface area contributed by atoms with E-state index >= 15 is 0 Å². The lowest BCUT2D eigenvalue weighted by Gasteiger charge is -2.28. The topological polar surface area (TPSA) is 61.9 Å². The lowest BCUT2D eigenvalue weighted by molar-refractivity contribution is -0.139. The average molecular weight is 357 g/mol. The largest absolute Gasteiger partial charge is 0.496 e. The molecule has 0 radical (unpaired) electrons. The first-order chi connectivity index (χ1) is 12.5. The predicted molar refractivity (Wildman–Crippen MR) is 97.8 cm³/mol. The Morgan fingerprint density at radius 1 is 1.27 bits per heavy atom. The van der Waals surface area contributed by atoms with Crippen LogP contribution in [0, 0.1) is 31.6 Å². The van der Waals surface area contributed by atoms with Crippen molar-refractivity contribution in [3.63, 3.8) is 0 Å². The first-order valence-electron chi connectivity index (χ1n) is 9.40. The summed E-state index contributed by atoms with van der Waals surface area (Å²) in [6.45, 7) is 8.41. The summed E-state index contributed by atoms with van der Waals surface area (Å²) < 4.78 is 5.60. The van der Waals surface area contributed by atoms with Crippen LogP contribution >= 0.6 is 0 Å². The Labute approximate surface area is 154 Å². The van der Waals surface area contributed by atoms with Gasteiger partial charge in [-0.25, -0.2) is 0 Å². The van der Waals surface area contributed by atoms with E-state index in [9.17, 15) is 9.59 Å². The molecular formula is C20H27N3O3. The smallest absolute Gasteiger partial charge is 0.239 e. The molecule has 1 N–H and O–H groups in total. The second-order valence-electron chi connectivity index (χ2n) is 7.93. The summed E-state index contributed by atoms with van der Waals surface area (Å²) in [5, 5.41) is 2.78. The zero-order chi connectivity index (χ0) is 18.4. The van der Waals surface area contributed by atoms with Gasteiger partial charge < -0.3 is 15.0 Å². The first-order valence-corrected chi connectivity index (χ1v) is 9.40. The van der Waals surface area contributed by atoms with Crippen LogP contribution in [-0.4, -0.2) is 61.4 Å². The number of amides is 2. The van der Waals surface area contributed by atoms with E-state index < -0.39 is 0 Å². The molecule has 2 saturated heterocycles. The lowest BCUT2D eigenvalue weighted by atomic mass is 10.0. The molecule has 0 spiro atoms. The van der Waals surface area contributed by atoms with Crippen molar-refractivity contribution in [1.82, 2.24) is 15.1 Å². The number of piperidine rings is 1. The van der Waals surface area contributed by atoms with Gasteiger partial charge in [-0.1, -0.05) is 17.7 Å². The fourth-order valence-corrected chi connectivity index (χ4v) is 4.84. The van der Waals surface area contributed by atoms with Crippen molar-refractivity contribution in [3.8, 4) is 5.75 Å². The van der Waals surface area contributed by atoms with E-state index in [-0.39, 0.29) is 24.3 Å². The number of likely N-dealkylation sites (tertiary alicyclic amines) is 1. The van der Waals surface area contributed by atoms with Gasteiger partial charge in [0.2, 0.25) is 11.8 Å². The number of nitrogens with one attached hydrogen (secondary N) is 1. The first kappa shape index (κ1) is 17.3. The van der Waals surface area contributed by atoms with Gasteiger partial charge in [-0.3, -0.25) is 14.5 Å². The van der Waals surface area contributed by atoms with Gasteiger partial charge in [0.25, 0.3) is 0 Å². The van der Waals surface area contributed by atoms with E-state index in [0.29, 0.717) is 24.9 Å². The maximum atomic E-state index is 12.7. The van der Waals surface area contributed by atoms with Gasteiger partial charge in [0.15, 0.2) is 0 Å². The molecule has 0 aromatic heterocycles. The molecule has 6 heteroatoms. The van der Waals surface area contributed by atoms with Crippen molar-refractivity contribution < 1.29 is 14.3 Å². The molecule has 1 aliphatic carbocycles. The average Bonchev–Trinajstić information content (AvgIpc) is 3.09. The molecule has 2 amide bonds. The number of ether oxygens (including phenoxy) is 1. The number of fused-ring (bicyclic) bond motifs is 1. The minimum Gasteiger partial charge on any atom is -0.496 e. The third-order valence-corrected chi connectivity index (χ3v) is 6.00. The summed E-state index contributed by atoms with van der Waals surface area (Å²) in [5.74, 6) is 2.13. The molecular weight excluding hydrogens is 330 g/mol. The van der Waals surface area contributed by atoms with Crippen LogP contribution in [0.15, 0.2) is 12.1 Å². The van der Waals surface area contributed by atoms with E-state index in [4.69, 9.17) is 4.74 Å². The van der Waals surface area contributed by atoms with E-state index in [2.05, 4.69) is 36.2 Å². The van der Waals surface area contributed by atoms with Crippen molar-refractivity contribution in [1.29, 1.82) is 0 Å². The van der Waals surface area contributed by atoms with Crippen LogP contribution in [0.3, 0.4) is 0 Å². The molecule has 4 rings (SSSR count). The highest BCUT2D eigenvalue weighted by Crippen LogP contribution is 2.53. The number of piperazine rings is 1. The Hall–Kier alpha value is -2.08. The van der Waals surface area contributed by atoms with Crippen LogP contribution in [0.2, 0.25) is 0 Å². The molecule has 2 heterocycles. The molecule has 1 aromatic carbocycles. The molecule has 3 atom stereocenters. The van der Waals surface area contributed by atoms with Gasteiger partial charge in [0.05, 0.1) is 13.7 Å². The van der Waals surface area contributed by atoms with E-state index in [0.717, 1.165) is 25.4 Å². The van der Waals surface area contributed by atoms with Crippen molar-refractivity contribution in [2.45, 2.75) is 20.4 Å². The van der Waals surface area contributed by atoms with Gasteiger partial charge in [-0.15, -0.1) is 0 Å². The third-order valence-electron chi connectivity index (χ3n) is 6.00. The van der Waals surface area contributed by atoms with Gasteiger partial charge in [-0.2, -0.15) is 0 Å². The number of carbonyl (C=O) groups is 2. The Morgan fingerprint density at radius 3 is 2.65 bits per heavy atom. The fourth-order valence-electron chi connectivity index (χ4n) is 4.84. The van der Waals surface area contributed by atoms with Gasteiger partial charge >= 0.3 is 0 Å². The zero-order valence-electron chi connectivity index (χ0n) is 15.7. The SMILES string of the molecule is COc1c(C)cc(C)cc1CN1C[C@@H]2C(C(=O)N3CCNC(=O)C3)[C@@H]2C1. The monoisotopic (exact) mass is 357 g/mol. The highest BCUT2D eigenvalue weighted by Gasteiger charge is 2.60. The summed E-state index contributed by atoms with van der Waals surface area (Å²) in [7, 11) is 1.73. The van der Waals surface area contributed by atoms with E-state index in [1.54, 1.807) is 12.0 Å². The summed E-state index contributed by atoms with van der Waals surface area (Å²) in [4.78, 5) is 28.4.